The maximum atomic E-state index is 12.4. The molecule has 0 atom stereocenters. The zero-order chi connectivity index (χ0) is 17.6. The molecule has 0 unspecified atom stereocenters. The van der Waals surface area contributed by atoms with Gasteiger partial charge in [0, 0.05) is 29.6 Å². The Kier molecular flexibility index (Phi) is 5.14. The lowest BCUT2D eigenvalue weighted by Crippen LogP contribution is -2.12. The van der Waals surface area contributed by atoms with E-state index in [0.717, 1.165) is 29.2 Å². The van der Waals surface area contributed by atoms with Gasteiger partial charge < -0.3 is 5.32 Å². The highest BCUT2D eigenvalue weighted by molar-refractivity contribution is 6.04. The molecule has 1 amide bonds. The van der Waals surface area contributed by atoms with Crippen LogP contribution in [0.4, 0.5) is 5.69 Å². The minimum Gasteiger partial charge on any atom is -0.321 e. The predicted molar refractivity (Wildman–Crippen MR) is 97.6 cm³/mol. The molecule has 2 heterocycles. The van der Waals surface area contributed by atoms with E-state index in [4.69, 9.17) is 0 Å². The summed E-state index contributed by atoms with van der Waals surface area (Å²) in [5.74, 6) is 0.621. The van der Waals surface area contributed by atoms with E-state index in [0.29, 0.717) is 17.7 Å². The van der Waals surface area contributed by atoms with Crippen molar-refractivity contribution in [3.05, 3.63) is 83.2 Å². The van der Waals surface area contributed by atoms with Crippen LogP contribution in [0, 0.1) is 6.92 Å². The maximum absolute atomic E-state index is 12.4. The molecular formula is C20H20N4O. The Bertz CT molecular complexity index is 878. The van der Waals surface area contributed by atoms with E-state index >= 15 is 0 Å². The first-order valence-electron chi connectivity index (χ1n) is 8.28. The van der Waals surface area contributed by atoms with Crippen molar-refractivity contribution >= 4 is 11.6 Å². The molecule has 0 saturated carbocycles. The normalized spacial score (nSPS) is 10.5. The minimum atomic E-state index is -0.158. The Morgan fingerprint density at radius 3 is 2.76 bits per heavy atom. The molecule has 0 aliphatic rings. The van der Waals surface area contributed by atoms with E-state index in [1.165, 1.54) is 0 Å². The van der Waals surface area contributed by atoms with Gasteiger partial charge in [-0.1, -0.05) is 19.1 Å². The molecule has 0 aliphatic carbocycles. The summed E-state index contributed by atoms with van der Waals surface area (Å²) in [6, 6.07) is 13.1. The molecule has 0 aliphatic heterocycles. The molecule has 25 heavy (non-hydrogen) atoms. The predicted octanol–water partition coefficient (Wildman–Crippen LogP) is 3.59. The van der Waals surface area contributed by atoms with Crippen molar-refractivity contribution < 1.29 is 4.79 Å². The standard InChI is InChI=1S/C20H20N4O/c1-3-17-10-14(2)22-19(23-17)12-15-6-4-7-16(11-15)20(25)24-18-8-5-9-21-13-18/h4-11,13H,3,12H2,1-2H3,(H,24,25). The summed E-state index contributed by atoms with van der Waals surface area (Å²) in [6.45, 7) is 4.05. The molecule has 0 bridgehead atoms. The summed E-state index contributed by atoms with van der Waals surface area (Å²) in [7, 11) is 0. The van der Waals surface area contributed by atoms with Crippen LogP contribution in [-0.2, 0) is 12.8 Å². The molecule has 0 fully saturated rings. The summed E-state index contributed by atoms with van der Waals surface area (Å²) < 4.78 is 0. The van der Waals surface area contributed by atoms with Gasteiger partial charge in [0.15, 0.2) is 0 Å². The van der Waals surface area contributed by atoms with Crippen LogP contribution in [-0.4, -0.2) is 20.9 Å². The van der Waals surface area contributed by atoms with Gasteiger partial charge in [-0.2, -0.15) is 0 Å². The first-order valence-corrected chi connectivity index (χ1v) is 8.28. The third-order valence-electron chi connectivity index (χ3n) is 3.79. The van der Waals surface area contributed by atoms with Crippen molar-refractivity contribution in [2.75, 3.05) is 5.32 Å². The molecule has 1 N–H and O–H groups in total. The van der Waals surface area contributed by atoms with Crippen LogP contribution in [0.1, 0.15) is 40.1 Å². The molecule has 1 aromatic carbocycles. The summed E-state index contributed by atoms with van der Waals surface area (Å²) in [4.78, 5) is 25.5. The number of hydrogen-bond donors (Lipinski definition) is 1. The van der Waals surface area contributed by atoms with Gasteiger partial charge in [-0.3, -0.25) is 9.78 Å². The number of rotatable bonds is 5. The zero-order valence-corrected chi connectivity index (χ0v) is 14.4. The number of carbonyl (C=O) groups is 1. The SMILES string of the molecule is CCc1cc(C)nc(Cc2cccc(C(=O)Nc3cccnc3)c2)n1. The third-order valence-corrected chi connectivity index (χ3v) is 3.79. The van der Waals surface area contributed by atoms with Crippen LogP contribution >= 0.6 is 0 Å². The van der Waals surface area contributed by atoms with Crippen molar-refractivity contribution in [3.63, 3.8) is 0 Å². The van der Waals surface area contributed by atoms with Crippen molar-refractivity contribution in [2.45, 2.75) is 26.7 Å². The van der Waals surface area contributed by atoms with Crippen LogP contribution in [0.25, 0.3) is 0 Å². The Balaban J connectivity index is 1.77. The Labute approximate surface area is 147 Å². The highest BCUT2D eigenvalue weighted by Crippen LogP contribution is 2.13. The maximum Gasteiger partial charge on any atom is 0.255 e. The van der Waals surface area contributed by atoms with Crippen molar-refractivity contribution in [2.24, 2.45) is 0 Å². The number of nitrogens with one attached hydrogen (secondary N) is 1. The van der Waals surface area contributed by atoms with Crippen molar-refractivity contribution in [3.8, 4) is 0 Å². The van der Waals surface area contributed by atoms with Crippen LogP contribution in [0.15, 0.2) is 54.9 Å². The van der Waals surface area contributed by atoms with Crippen molar-refractivity contribution in [1.82, 2.24) is 15.0 Å². The molecule has 5 heteroatoms. The molecular weight excluding hydrogens is 312 g/mol. The van der Waals surface area contributed by atoms with Gasteiger partial charge in [0.25, 0.3) is 5.91 Å². The molecule has 0 spiro atoms. The van der Waals surface area contributed by atoms with Gasteiger partial charge in [0.2, 0.25) is 0 Å². The Morgan fingerprint density at radius 2 is 2.00 bits per heavy atom. The summed E-state index contributed by atoms with van der Waals surface area (Å²) in [5, 5.41) is 2.84. The van der Waals surface area contributed by atoms with Crippen LogP contribution in [0.5, 0.6) is 0 Å². The first kappa shape index (κ1) is 16.8. The van der Waals surface area contributed by atoms with E-state index < -0.39 is 0 Å². The van der Waals surface area contributed by atoms with Crippen molar-refractivity contribution in [1.29, 1.82) is 0 Å². The fraction of sp³-hybridized carbons (Fsp3) is 0.200. The highest BCUT2D eigenvalue weighted by Gasteiger charge is 2.09. The van der Waals surface area contributed by atoms with Crippen LogP contribution < -0.4 is 5.32 Å². The number of benzene rings is 1. The Morgan fingerprint density at radius 1 is 1.12 bits per heavy atom. The fourth-order valence-corrected chi connectivity index (χ4v) is 2.61. The monoisotopic (exact) mass is 332 g/mol. The first-order chi connectivity index (χ1) is 12.1. The van der Waals surface area contributed by atoms with E-state index in [2.05, 4.69) is 27.2 Å². The van der Waals surface area contributed by atoms with Crippen LogP contribution in [0.3, 0.4) is 0 Å². The fourth-order valence-electron chi connectivity index (χ4n) is 2.61. The number of hydrogen-bond acceptors (Lipinski definition) is 4. The number of aromatic nitrogens is 3. The van der Waals surface area contributed by atoms with E-state index in [1.54, 1.807) is 24.5 Å². The lowest BCUT2D eigenvalue weighted by molar-refractivity contribution is 0.102. The number of nitrogens with zero attached hydrogens (tertiary/aromatic N) is 3. The highest BCUT2D eigenvalue weighted by atomic mass is 16.1. The third kappa shape index (κ3) is 4.47. The second-order valence-electron chi connectivity index (χ2n) is 5.84. The van der Waals surface area contributed by atoms with E-state index in [1.807, 2.05) is 37.3 Å². The zero-order valence-electron chi connectivity index (χ0n) is 14.4. The number of anilines is 1. The molecule has 0 radical (unpaired) electrons. The molecule has 2 aromatic heterocycles. The molecule has 0 saturated heterocycles. The second-order valence-corrected chi connectivity index (χ2v) is 5.84. The number of pyridine rings is 1. The van der Waals surface area contributed by atoms with Crippen LogP contribution in [0.2, 0.25) is 0 Å². The number of aryl methyl sites for hydroxylation is 2. The smallest absolute Gasteiger partial charge is 0.255 e. The largest absolute Gasteiger partial charge is 0.321 e. The number of carbonyl (C=O) groups excluding carboxylic acids is 1. The van der Waals surface area contributed by atoms with Gasteiger partial charge in [-0.15, -0.1) is 0 Å². The van der Waals surface area contributed by atoms with Gasteiger partial charge in [0.1, 0.15) is 5.82 Å². The topological polar surface area (TPSA) is 67.8 Å². The number of amides is 1. The lowest BCUT2D eigenvalue weighted by Gasteiger charge is -2.08. The summed E-state index contributed by atoms with van der Waals surface area (Å²) in [6.07, 6.45) is 4.77. The van der Waals surface area contributed by atoms with Gasteiger partial charge >= 0.3 is 0 Å². The molecule has 3 rings (SSSR count). The lowest BCUT2D eigenvalue weighted by atomic mass is 10.1. The Hall–Kier alpha value is -3.08. The average molecular weight is 332 g/mol. The summed E-state index contributed by atoms with van der Waals surface area (Å²) >= 11 is 0. The molecule has 126 valence electrons. The quantitative estimate of drug-likeness (QED) is 0.775. The van der Waals surface area contributed by atoms with E-state index in [9.17, 15) is 4.79 Å². The minimum absolute atomic E-state index is 0.158. The van der Waals surface area contributed by atoms with Gasteiger partial charge in [0.05, 0.1) is 11.9 Å². The summed E-state index contributed by atoms with van der Waals surface area (Å²) in [5.41, 5.74) is 4.28. The van der Waals surface area contributed by atoms with Gasteiger partial charge in [-0.05, 0) is 49.2 Å². The molecule has 3 aromatic rings. The van der Waals surface area contributed by atoms with E-state index in [-0.39, 0.29) is 5.91 Å². The second kappa shape index (κ2) is 7.66. The average Bonchev–Trinajstić information content (AvgIpc) is 2.62. The van der Waals surface area contributed by atoms with Gasteiger partial charge in [-0.25, -0.2) is 9.97 Å². The molecule has 5 nitrogen and oxygen atoms in total.